The molecule has 1 amide bonds. The van der Waals surface area contributed by atoms with Gasteiger partial charge in [0.25, 0.3) is 11.5 Å². The summed E-state index contributed by atoms with van der Waals surface area (Å²) in [5, 5.41) is 2.55. The molecule has 1 heterocycles. The molecule has 0 saturated heterocycles. The van der Waals surface area contributed by atoms with Gasteiger partial charge in [-0.1, -0.05) is 68.7 Å². The Kier molecular flexibility index (Phi) is 9.46. The van der Waals surface area contributed by atoms with Crippen LogP contribution in [0.5, 0.6) is 11.5 Å². The van der Waals surface area contributed by atoms with Crippen LogP contribution in [-0.4, -0.2) is 41.1 Å². The van der Waals surface area contributed by atoms with Gasteiger partial charge < -0.3 is 14.4 Å². The normalized spacial score (nSPS) is 11.9. The minimum Gasteiger partial charge on any atom is -0.497 e. The fourth-order valence-electron chi connectivity index (χ4n) is 5.46. The number of benzene rings is 4. The fraction of sp³-hybridized carbons (Fsp3) is 0.286. The maximum absolute atomic E-state index is 14.3. The zero-order valence-electron chi connectivity index (χ0n) is 25.0. The van der Waals surface area contributed by atoms with Crippen LogP contribution in [0.15, 0.2) is 88.1 Å². The Labute approximate surface area is 260 Å². The Morgan fingerprint density at radius 2 is 1.67 bits per heavy atom. The molecule has 1 aromatic heterocycles. The third kappa shape index (κ3) is 6.15. The minimum absolute atomic E-state index is 0.106. The van der Waals surface area contributed by atoms with Crippen molar-refractivity contribution in [2.75, 3.05) is 20.8 Å². The summed E-state index contributed by atoms with van der Waals surface area (Å²) in [5.74, 6) is 1.38. The van der Waals surface area contributed by atoms with Crippen molar-refractivity contribution in [1.29, 1.82) is 0 Å². The Morgan fingerprint density at radius 1 is 0.930 bits per heavy atom. The molecule has 0 radical (unpaired) electrons. The van der Waals surface area contributed by atoms with Crippen LogP contribution in [-0.2, 0) is 0 Å². The molecule has 1 unspecified atom stereocenters. The average molecular weight is 643 g/mol. The molecule has 7 nitrogen and oxygen atoms in total. The van der Waals surface area contributed by atoms with Crippen molar-refractivity contribution in [3.05, 3.63) is 105 Å². The van der Waals surface area contributed by atoms with Gasteiger partial charge in [-0.3, -0.25) is 14.2 Å². The van der Waals surface area contributed by atoms with Crippen molar-refractivity contribution in [3.8, 4) is 17.2 Å². The molecule has 0 N–H and O–H groups in total. The Morgan fingerprint density at radius 3 is 2.42 bits per heavy atom. The monoisotopic (exact) mass is 641 g/mol. The van der Waals surface area contributed by atoms with E-state index in [1.165, 1.54) is 0 Å². The summed E-state index contributed by atoms with van der Waals surface area (Å²) in [6.07, 6.45) is 4.01. The number of halogens is 1. The second kappa shape index (κ2) is 13.4. The van der Waals surface area contributed by atoms with Gasteiger partial charge in [0, 0.05) is 24.2 Å². The number of ether oxygens (including phenoxy) is 2. The van der Waals surface area contributed by atoms with E-state index in [9.17, 15) is 9.59 Å². The van der Waals surface area contributed by atoms with Crippen LogP contribution in [0.1, 0.15) is 61.8 Å². The molecule has 0 aliphatic heterocycles. The van der Waals surface area contributed by atoms with Gasteiger partial charge in [0.05, 0.1) is 41.3 Å². The van der Waals surface area contributed by atoms with E-state index in [4.69, 9.17) is 14.5 Å². The van der Waals surface area contributed by atoms with Gasteiger partial charge in [0.2, 0.25) is 0 Å². The third-order valence-corrected chi connectivity index (χ3v) is 8.64. The largest absolute Gasteiger partial charge is 0.497 e. The summed E-state index contributed by atoms with van der Waals surface area (Å²) in [5.41, 5.74) is 1.44. The number of rotatable bonds is 11. The molecule has 0 saturated carbocycles. The van der Waals surface area contributed by atoms with E-state index in [-0.39, 0.29) is 11.5 Å². The lowest BCUT2D eigenvalue weighted by atomic mass is 10.0. The quantitative estimate of drug-likeness (QED) is 0.136. The molecule has 8 heteroatoms. The fourth-order valence-corrected chi connectivity index (χ4v) is 6.03. The van der Waals surface area contributed by atoms with Crippen LogP contribution in [0.4, 0.5) is 0 Å². The van der Waals surface area contributed by atoms with Crippen molar-refractivity contribution in [3.63, 3.8) is 0 Å². The van der Waals surface area contributed by atoms with E-state index in [0.717, 1.165) is 36.5 Å². The smallest absolute Gasteiger partial charge is 0.266 e. The standard InChI is InChI=1S/C35H36BrN3O4/c1-5-6-7-12-19-38(34(40)26-18-17-24-13-8-9-14-25(24)20-26)23(2)33-37-29-16-11-10-15-28(29)35(41)39(33)30-21-27(42-3)22-31(43-4)32(30)36/h8-11,13-18,20-23H,5-7,12,19H2,1-4H3. The summed E-state index contributed by atoms with van der Waals surface area (Å²) in [6.45, 7) is 4.63. The van der Waals surface area contributed by atoms with E-state index in [1.54, 1.807) is 37.0 Å². The molecule has 0 fully saturated rings. The van der Waals surface area contributed by atoms with E-state index in [0.29, 0.717) is 50.5 Å². The number of hydrogen-bond acceptors (Lipinski definition) is 5. The van der Waals surface area contributed by atoms with Crippen molar-refractivity contribution >= 4 is 43.5 Å². The number of carbonyl (C=O) groups excluding carboxylic acids is 1. The lowest BCUT2D eigenvalue weighted by molar-refractivity contribution is 0.0677. The van der Waals surface area contributed by atoms with Crippen molar-refractivity contribution < 1.29 is 14.3 Å². The van der Waals surface area contributed by atoms with Gasteiger partial charge in [-0.2, -0.15) is 0 Å². The van der Waals surface area contributed by atoms with Gasteiger partial charge in [-0.25, -0.2) is 4.98 Å². The van der Waals surface area contributed by atoms with Crippen LogP contribution >= 0.6 is 15.9 Å². The van der Waals surface area contributed by atoms with Gasteiger partial charge in [0.1, 0.15) is 17.3 Å². The summed E-state index contributed by atoms with van der Waals surface area (Å²) < 4.78 is 13.3. The van der Waals surface area contributed by atoms with Gasteiger partial charge in [0.15, 0.2) is 0 Å². The van der Waals surface area contributed by atoms with Crippen LogP contribution in [0, 0.1) is 0 Å². The van der Waals surface area contributed by atoms with Crippen LogP contribution < -0.4 is 15.0 Å². The van der Waals surface area contributed by atoms with E-state index < -0.39 is 6.04 Å². The zero-order valence-corrected chi connectivity index (χ0v) is 26.6. The lowest BCUT2D eigenvalue weighted by Gasteiger charge is -2.31. The number of aromatic nitrogens is 2. The highest BCUT2D eigenvalue weighted by Crippen LogP contribution is 2.37. The van der Waals surface area contributed by atoms with Crippen LogP contribution in [0.2, 0.25) is 0 Å². The predicted octanol–water partition coefficient (Wildman–Crippen LogP) is 8.10. The number of nitrogens with zero attached hydrogens (tertiary/aromatic N) is 3. The van der Waals surface area contributed by atoms with E-state index in [2.05, 4.69) is 22.9 Å². The number of carbonyl (C=O) groups is 1. The first-order valence-electron chi connectivity index (χ1n) is 14.6. The number of unbranched alkanes of at least 4 members (excludes halogenated alkanes) is 3. The zero-order chi connectivity index (χ0) is 30.5. The lowest BCUT2D eigenvalue weighted by Crippen LogP contribution is -2.38. The molecule has 5 aromatic rings. The highest BCUT2D eigenvalue weighted by Gasteiger charge is 2.29. The molecule has 5 rings (SSSR count). The van der Waals surface area contributed by atoms with E-state index >= 15 is 0 Å². The maximum atomic E-state index is 14.3. The first-order valence-corrected chi connectivity index (χ1v) is 15.4. The summed E-state index contributed by atoms with van der Waals surface area (Å²) >= 11 is 3.66. The second-order valence-electron chi connectivity index (χ2n) is 10.6. The molecule has 222 valence electrons. The minimum atomic E-state index is -0.540. The molecule has 0 aliphatic rings. The summed E-state index contributed by atoms with van der Waals surface area (Å²) in [4.78, 5) is 35.4. The number of para-hydroxylation sites is 1. The molecule has 0 spiro atoms. The van der Waals surface area contributed by atoms with Gasteiger partial charge in [-0.05, 0) is 64.3 Å². The van der Waals surface area contributed by atoms with Crippen molar-refractivity contribution in [1.82, 2.24) is 14.5 Å². The van der Waals surface area contributed by atoms with Gasteiger partial charge >= 0.3 is 0 Å². The first kappa shape index (κ1) is 30.3. The average Bonchev–Trinajstić information content (AvgIpc) is 3.04. The molecule has 0 aliphatic carbocycles. The Bertz CT molecular complexity index is 1830. The molecule has 0 bridgehead atoms. The highest BCUT2D eigenvalue weighted by atomic mass is 79.9. The van der Waals surface area contributed by atoms with E-state index in [1.807, 2.05) is 72.5 Å². The van der Waals surface area contributed by atoms with Crippen molar-refractivity contribution in [2.45, 2.75) is 45.6 Å². The SMILES string of the molecule is CCCCCCN(C(=O)c1ccc2ccccc2c1)C(C)c1nc2ccccc2c(=O)n1-c1cc(OC)cc(OC)c1Br. The Hall–Kier alpha value is -4.17. The summed E-state index contributed by atoms with van der Waals surface area (Å²) in [7, 11) is 3.13. The van der Waals surface area contributed by atoms with Crippen LogP contribution in [0.3, 0.4) is 0 Å². The molecule has 4 aromatic carbocycles. The number of methoxy groups -OCH3 is 2. The second-order valence-corrected chi connectivity index (χ2v) is 11.4. The molecular weight excluding hydrogens is 606 g/mol. The summed E-state index contributed by atoms with van der Waals surface area (Å²) in [6, 6.07) is 24.1. The number of hydrogen-bond donors (Lipinski definition) is 0. The first-order chi connectivity index (χ1) is 20.9. The van der Waals surface area contributed by atoms with Gasteiger partial charge in [-0.15, -0.1) is 0 Å². The highest BCUT2D eigenvalue weighted by molar-refractivity contribution is 9.10. The number of fused-ring (bicyclic) bond motifs is 2. The molecule has 1 atom stereocenters. The third-order valence-electron chi connectivity index (χ3n) is 7.84. The predicted molar refractivity (Wildman–Crippen MR) is 176 cm³/mol. The molecular formula is C35H36BrN3O4. The number of amides is 1. The molecule has 43 heavy (non-hydrogen) atoms. The van der Waals surface area contributed by atoms with Crippen molar-refractivity contribution in [2.24, 2.45) is 0 Å². The Balaban J connectivity index is 1.70. The topological polar surface area (TPSA) is 73.7 Å². The van der Waals surface area contributed by atoms with Crippen LogP contribution in [0.25, 0.3) is 27.4 Å². The maximum Gasteiger partial charge on any atom is 0.266 e.